The Labute approximate surface area is 85.4 Å². The minimum atomic E-state index is -2.66. The summed E-state index contributed by atoms with van der Waals surface area (Å²) in [5.74, 6) is -0.467. The highest BCUT2D eigenvalue weighted by Gasteiger charge is 2.38. The van der Waals surface area contributed by atoms with E-state index in [-0.39, 0.29) is 7.33 Å². The van der Waals surface area contributed by atoms with Crippen LogP contribution in [-0.4, -0.2) is 34.6 Å². The second kappa shape index (κ2) is 3.88. The summed E-state index contributed by atoms with van der Waals surface area (Å²) < 4.78 is 0. The Bertz CT molecular complexity index is 238. The second-order valence-electron chi connectivity index (χ2n) is 4.47. The van der Waals surface area contributed by atoms with Crippen molar-refractivity contribution >= 4 is 12.6 Å². The van der Waals surface area contributed by atoms with Gasteiger partial charge in [0.25, 0.3) is 0 Å². The SMILES string of the molecule is CC(C)CC1NC(=O)C(C)N[B-]1(O)O.[H+]. The summed E-state index contributed by atoms with van der Waals surface area (Å²) in [6.07, 6.45) is 0.554. The predicted molar refractivity (Wildman–Crippen MR) is 55.3 cm³/mol. The van der Waals surface area contributed by atoms with Crippen molar-refractivity contribution in [2.24, 2.45) is 5.92 Å². The van der Waals surface area contributed by atoms with Gasteiger partial charge in [-0.25, -0.2) is 0 Å². The fraction of sp³-hybridized carbons (Fsp3) is 0.875. The molecule has 1 fully saturated rings. The minimum Gasteiger partial charge on any atom is -0.569 e. The van der Waals surface area contributed by atoms with Gasteiger partial charge in [0.1, 0.15) is 0 Å². The van der Waals surface area contributed by atoms with Gasteiger partial charge < -0.3 is 20.6 Å². The molecule has 1 heterocycles. The van der Waals surface area contributed by atoms with Crippen molar-refractivity contribution in [2.45, 2.75) is 39.2 Å². The van der Waals surface area contributed by atoms with Crippen LogP contribution in [0.4, 0.5) is 0 Å². The van der Waals surface area contributed by atoms with Crippen molar-refractivity contribution in [3.63, 3.8) is 0 Å². The number of carbonyl (C=O) groups excluding carboxylic acids is 1. The van der Waals surface area contributed by atoms with E-state index in [4.69, 9.17) is 0 Å². The third-order valence-corrected chi connectivity index (χ3v) is 2.50. The lowest BCUT2D eigenvalue weighted by molar-refractivity contribution is -0.124. The highest BCUT2D eigenvalue weighted by atomic mass is 16.4. The first-order chi connectivity index (χ1) is 6.33. The molecule has 5 nitrogen and oxygen atoms in total. The van der Waals surface area contributed by atoms with Crippen LogP contribution in [0.1, 0.15) is 28.6 Å². The molecule has 1 amide bonds. The van der Waals surface area contributed by atoms with Gasteiger partial charge in [-0.3, -0.25) is 4.79 Å². The van der Waals surface area contributed by atoms with Crippen LogP contribution in [0.15, 0.2) is 0 Å². The molecule has 0 saturated carbocycles. The minimum absolute atomic E-state index is 0. The summed E-state index contributed by atoms with van der Waals surface area (Å²) in [6, 6.07) is -0.548. The smallest absolute Gasteiger partial charge is 0.569 e. The highest BCUT2D eigenvalue weighted by molar-refractivity contribution is 6.65. The molecule has 0 spiro atoms. The molecule has 1 rings (SSSR count). The number of rotatable bonds is 2. The van der Waals surface area contributed by atoms with Gasteiger partial charge in [-0.1, -0.05) is 20.3 Å². The Hall–Kier alpha value is -0.585. The first-order valence-electron chi connectivity index (χ1n) is 5.01. The molecule has 0 aromatic heterocycles. The number of hydrogen-bond donors (Lipinski definition) is 4. The maximum atomic E-state index is 11.3. The monoisotopic (exact) mass is 202 g/mol. The van der Waals surface area contributed by atoms with Crippen LogP contribution < -0.4 is 10.5 Å². The molecule has 82 valence electrons. The Balaban J connectivity index is 0.00000196. The van der Waals surface area contributed by atoms with Gasteiger partial charge in [0, 0.05) is 0 Å². The fourth-order valence-electron chi connectivity index (χ4n) is 1.74. The van der Waals surface area contributed by atoms with Crippen molar-refractivity contribution in [2.75, 3.05) is 0 Å². The molecule has 1 aliphatic heterocycles. The maximum absolute atomic E-state index is 11.3. The van der Waals surface area contributed by atoms with E-state index in [0.29, 0.717) is 12.3 Å². The third kappa shape index (κ3) is 2.46. The standard InChI is InChI=1S/C8H18BN2O3/c1-5(2)4-7-9(13,14)11-6(3)8(12)10-7/h5-7,11,13-14H,4H2,1-3H3,(H,10,12)/q-1/p+1. The van der Waals surface area contributed by atoms with Crippen LogP contribution in [-0.2, 0) is 4.79 Å². The van der Waals surface area contributed by atoms with Crippen molar-refractivity contribution < 1.29 is 16.3 Å². The van der Waals surface area contributed by atoms with E-state index in [1.807, 2.05) is 13.8 Å². The zero-order valence-corrected chi connectivity index (χ0v) is 8.82. The third-order valence-electron chi connectivity index (χ3n) is 2.50. The number of hydrogen-bond acceptors (Lipinski definition) is 4. The highest BCUT2D eigenvalue weighted by Crippen LogP contribution is 2.14. The molecule has 6 heteroatoms. The molecule has 0 radical (unpaired) electrons. The van der Waals surface area contributed by atoms with Gasteiger partial charge in [0.05, 0.1) is 6.04 Å². The largest absolute Gasteiger partial charge is 1.00 e. The van der Waals surface area contributed by atoms with Crippen LogP contribution in [0.2, 0.25) is 0 Å². The number of nitrogens with one attached hydrogen (secondary N) is 2. The molecule has 2 unspecified atom stereocenters. The van der Waals surface area contributed by atoms with E-state index >= 15 is 0 Å². The summed E-state index contributed by atoms with van der Waals surface area (Å²) in [6.45, 7) is 2.88. The normalized spacial score (nSPS) is 31.7. The zero-order valence-electron chi connectivity index (χ0n) is 9.82. The van der Waals surface area contributed by atoms with Crippen molar-refractivity contribution in [3.8, 4) is 0 Å². The second-order valence-corrected chi connectivity index (χ2v) is 4.47. The van der Waals surface area contributed by atoms with E-state index in [1.165, 1.54) is 0 Å². The average Bonchev–Trinajstić information content (AvgIpc) is 1.98. The lowest BCUT2D eigenvalue weighted by Gasteiger charge is -2.46. The van der Waals surface area contributed by atoms with Gasteiger partial charge in [0.15, 0.2) is 0 Å². The summed E-state index contributed by atoms with van der Waals surface area (Å²) >= 11 is 0. The predicted octanol–water partition coefficient (Wildman–Crippen LogP) is -0.916. The topological polar surface area (TPSA) is 81.6 Å². The van der Waals surface area contributed by atoms with Gasteiger partial charge in [-0.2, -0.15) is 0 Å². The molecule has 1 saturated heterocycles. The van der Waals surface area contributed by atoms with E-state index in [2.05, 4.69) is 10.5 Å². The van der Waals surface area contributed by atoms with Crippen molar-refractivity contribution in [3.05, 3.63) is 0 Å². The van der Waals surface area contributed by atoms with E-state index in [9.17, 15) is 14.8 Å². The Morgan fingerprint density at radius 1 is 1.57 bits per heavy atom. The number of amides is 1. The quantitative estimate of drug-likeness (QED) is 0.437. The first-order valence-corrected chi connectivity index (χ1v) is 5.01. The summed E-state index contributed by atoms with van der Waals surface area (Å²) in [5, 5.41) is 24.5. The van der Waals surface area contributed by atoms with Gasteiger partial charge in [0.2, 0.25) is 5.91 Å². The average molecular weight is 202 g/mol. The van der Waals surface area contributed by atoms with Crippen LogP contribution in [0.5, 0.6) is 0 Å². The van der Waals surface area contributed by atoms with E-state index in [1.54, 1.807) is 6.92 Å². The van der Waals surface area contributed by atoms with Gasteiger partial charge >= 0.3 is 8.11 Å². The van der Waals surface area contributed by atoms with Crippen molar-refractivity contribution in [1.29, 1.82) is 0 Å². The lowest BCUT2D eigenvalue weighted by Crippen LogP contribution is -2.75. The molecule has 0 aliphatic carbocycles. The van der Waals surface area contributed by atoms with E-state index in [0.717, 1.165) is 0 Å². The summed E-state index contributed by atoms with van der Waals surface area (Å²) in [7, 11) is 0. The zero-order chi connectivity index (χ0) is 10.9. The Kier molecular flexibility index (Phi) is 3.19. The Morgan fingerprint density at radius 3 is 2.64 bits per heavy atom. The van der Waals surface area contributed by atoms with Crippen LogP contribution in [0, 0.1) is 5.92 Å². The maximum Gasteiger partial charge on any atom is 1.00 e. The molecular formula is C8H19BN2O3. The fourth-order valence-corrected chi connectivity index (χ4v) is 1.74. The summed E-state index contributed by atoms with van der Waals surface area (Å²) in [4.78, 5) is 11.3. The molecule has 0 aromatic rings. The molecule has 14 heavy (non-hydrogen) atoms. The first kappa shape index (κ1) is 11.5. The van der Waals surface area contributed by atoms with Crippen LogP contribution in [0.25, 0.3) is 0 Å². The molecule has 1 aliphatic rings. The summed E-state index contributed by atoms with van der Waals surface area (Å²) in [5.41, 5.74) is 0. The molecule has 0 aromatic carbocycles. The van der Waals surface area contributed by atoms with Gasteiger partial charge in [-0.15, -0.1) is 0 Å². The van der Waals surface area contributed by atoms with Gasteiger partial charge in [-0.05, 0) is 18.8 Å². The van der Waals surface area contributed by atoms with Crippen LogP contribution in [0.3, 0.4) is 0 Å². The molecule has 2 atom stereocenters. The molecule has 0 bridgehead atoms. The Morgan fingerprint density at radius 2 is 2.14 bits per heavy atom. The van der Waals surface area contributed by atoms with Crippen molar-refractivity contribution in [1.82, 2.24) is 10.5 Å². The molecular weight excluding hydrogens is 183 g/mol. The molecule has 4 N–H and O–H groups in total. The number of carbonyl (C=O) groups is 1. The van der Waals surface area contributed by atoms with Crippen LogP contribution >= 0.6 is 0 Å². The van der Waals surface area contributed by atoms with E-state index < -0.39 is 18.7 Å². The lowest BCUT2D eigenvalue weighted by atomic mass is 9.59.